The van der Waals surface area contributed by atoms with Crippen molar-refractivity contribution in [2.24, 2.45) is 11.3 Å². The molecule has 116 valence electrons. The first kappa shape index (κ1) is 17.0. The van der Waals surface area contributed by atoms with Gasteiger partial charge in [0.1, 0.15) is 0 Å². The predicted molar refractivity (Wildman–Crippen MR) is 79.2 cm³/mol. The second-order valence-corrected chi connectivity index (χ2v) is 6.25. The van der Waals surface area contributed by atoms with Crippen molar-refractivity contribution in [2.45, 2.75) is 65.7 Å². The van der Waals surface area contributed by atoms with E-state index in [-0.39, 0.29) is 17.3 Å². The molecule has 0 radical (unpaired) electrons. The third-order valence-corrected chi connectivity index (χ3v) is 3.99. The first-order valence-electron chi connectivity index (χ1n) is 7.94. The van der Waals surface area contributed by atoms with E-state index < -0.39 is 0 Å². The van der Waals surface area contributed by atoms with Crippen molar-refractivity contribution in [3.8, 4) is 0 Å². The van der Waals surface area contributed by atoms with Crippen LogP contribution in [0.25, 0.3) is 0 Å². The SMILES string of the molecule is CCOC(=O)CCCNC(=O)C1(CC(C)C)CCCC1. The molecule has 4 nitrogen and oxygen atoms in total. The van der Waals surface area contributed by atoms with Gasteiger partial charge in [0.15, 0.2) is 0 Å². The molecule has 0 unspecified atom stereocenters. The Morgan fingerprint density at radius 3 is 2.45 bits per heavy atom. The van der Waals surface area contributed by atoms with Crippen LogP contribution in [0.5, 0.6) is 0 Å². The lowest BCUT2D eigenvalue weighted by atomic mass is 9.77. The van der Waals surface area contributed by atoms with Crippen LogP contribution in [0.1, 0.15) is 65.7 Å². The average Bonchev–Trinajstić information content (AvgIpc) is 2.83. The lowest BCUT2D eigenvalue weighted by Crippen LogP contribution is -2.40. The number of ether oxygens (including phenoxy) is 1. The quantitative estimate of drug-likeness (QED) is 0.550. The summed E-state index contributed by atoms with van der Waals surface area (Å²) in [4.78, 5) is 23.7. The van der Waals surface area contributed by atoms with Crippen molar-refractivity contribution in [3.63, 3.8) is 0 Å². The summed E-state index contributed by atoms with van der Waals surface area (Å²) < 4.78 is 4.87. The lowest BCUT2D eigenvalue weighted by molar-refractivity contribution is -0.143. The molecule has 1 N–H and O–H groups in total. The van der Waals surface area contributed by atoms with Gasteiger partial charge in [0, 0.05) is 18.4 Å². The Hall–Kier alpha value is -1.06. The lowest BCUT2D eigenvalue weighted by Gasteiger charge is -2.29. The molecule has 1 aliphatic rings. The molecule has 4 heteroatoms. The molecule has 20 heavy (non-hydrogen) atoms. The standard InChI is InChI=1S/C16H29NO3/c1-4-20-14(18)8-7-11-17-15(19)16(12-13(2)3)9-5-6-10-16/h13H,4-12H2,1-3H3,(H,17,19). The maximum absolute atomic E-state index is 12.4. The van der Waals surface area contributed by atoms with Crippen molar-refractivity contribution in [3.05, 3.63) is 0 Å². The molecule has 0 spiro atoms. The van der Waals surface area contributed by atoms with Gasteiger partial charge in [-0.2, -0.15) is 0 Å². The highest BCUT2D eigenvalue weighted by molar-refractivity contribution is 5.83. The summed E-state index contributed by atoms with van der Waals surface area (Å²) >= 11 is 0. The molecule has 0 aromatic carbocycles. The third-order valence-electron chi connectivity index (χ3n) is 3.99. The Morgan fingerprint density at radius 2 is 1.90 bits per heavy atom. The van der Waals surface area contributed by atoms with Gasteiger partial charge >= 0.3 is 5.97 Å². The largest absolute Gasteiger partial charge is 0.466 e. The third kappa shape index (κ3) is 5.14. The number of hydrogen-bond donors (Lipinski definition) is 1. The minimum Gasteiger partial charge on any atom is -0.466 e. The van der Waals surface area contributed by atoms with Gasteiger partial charge in [0.25, 0.3) is 0 Å². The van der Waals surface area contributed by atoms with E-state index in [1.54, 1.807) is 6.92 Å². The minimum absolute atomic E-state index is 0.155. The normalized spacial score (nSPS) is 17.2. The molecular formula is C16H29NO3. The molecular weight excluding hydrogens is 254 g/mol. The van der Waals surface area contributed by atoms with Crippen LogP contribution in [0.2, 0.25) is 0 Å². The molecule has 0 atom stereocenters. The fraction of sp³-hybridized carbons (Fsp3) is 0.875. The van der Waals surface area contributed by atoms with Gasteiger partial charge in [-0.3, -0.25) is 9.59 Å². The van der Waals surface area contributed by atoms with Gasteiger partial charge in [-0.15, -0.1) is 0 Å². The van der Waals surface area contributed by atoms with Crippen LogP contribution in [-0.4, -0.2) is 25.0 Å². The van der Waals surface area contributed by atoms with Crippen molar-refractivity contribution >= 4 is 11.9 Å². The van der Waals surface area contributed by atoms with E-state index in [2.05, 4.69) is 19.2 Å². The number of esters is 1. The van der Waals surface area contributed by atoms with Crippen molar-refractivity contribution < 1.29 is 14.3 Å². The summed E-state index contributed by atoms with van der Waals surface area (Å²) in [7, 11) is 0. The zero-order valence-corrected chi connectivity index (χ0v) is 13.2. The smallest absolute Gasteiger partial charge is 0.305 e. The highest BCUT2D eigenvalue weighted by Gasteiger charge is 2.40. The highest BCUT2D eigenvalue weighted by atomic mass is 16.5. The summed E-state index contributed by atoms with van der Waals surface area (Å²) in [6, 6.07) is 0. The topological polar surface area (TPSA) is 55.4 Å². The van der Waals surface area contributed by atoms with E-state index in [1.165, 1.54) is 0 Å². The summed E-state index contributed by atoms with van der Waals surface area (Å²) in [5.74, 6) is 0.547. The van der Waals surface area contributed by atoms with Gasteiger partial charge in [-0.05, 0) is 38.5 Å². The van der Waals surface area contributed by atoms with E-state index in [0.717, 1.165) is 32.1 Å². The molecule has 0 aromatic heterocycles. The van der Waals surface area contributed by atoms with Gasteiger partial charge in [0.05, 0.1) is 6.61 Å². The van der Waals surface area contributed by atoms with Crippen LogP contribution in [-0.2, 0) is 14.3 Å². The van der Waals surface area contributed by atoms with Gasteiger partial charge in [-0.25, -0.2) is 0 Å². The Kier molecular flexibility index (Phi) is 7.03. The molecule has 1 amide bonds. The van der Waals surface area contributed by atoms with Gasteiger partial charge in [-0.1, -0.05) is 26.7 Å². The van der Waals surface area contributed by atoms with Crippen LogP contribution < -0.4 is 5.32 Å². The van der Waals surface area contributed by atoms with Gasteiger partial charge < -0.3 is 10.1 Å². The molecule has 0 aliphatic heterocycles. The molecule has 0 bridgehead atoms. The molecule has 0 saturated heterocycles. The number of nitrogens with one attached hydrogen (secondary N) is 1. The second-order valence-electron chi connectivity index (χ2n) is 6.25. The average molecular weight is 283 g/mol. The van der Waals surface area contributed by atoms with Crippen LogP contribution in [0, 0.1) is 11.3 Å². The number of amides is 1. The summed E-state index contributed by atoms with van der Waals surface area (Å²) in [6.45, 7) is 7.14. The van der Waals surface area contributed by atoms with E-state index >= 15 is 0 Å². The zero-order chi connectivity index (χ0) is 15.0. The fourth-order valence-corrected chi connectivity index (χ4v) is 3.21. The van der Waals surface area contributed by atoms with Crippen LogP contribution in [0.3, 0.4) is 0 Å². The highest BCUT2D eigenvalue weighted by Crippen LogP contribution is 2.43. The summed E-state index contributed by atoms with van der Waals surface area (Å²) in [6.07, 6.45) is 6.33. The molecule has 0 heterocycles. The van der Waals surface area contributed by atoms with E-state index in [0.29, 0.717) is 31.9 Å². The zero-order valence-electron chi connectivity index (χ0n) is 13.2. The minimum atomic E-state index is -0.181. The number of rotatable bonds is 8. The molecule has 1 rings (SSSR count). The van der Waals surface area contributed by atoms with Crippen LogP contribution in [0.4, 0.5) is 0 Å². The molecule has 1 saturated carbocycles. The van der Waals surface area contributed by atoms with Gasteiger partial charge in [0.2, 0.25) is 5.91 Å². The number of carbonyl (C=O) groups is 2. The Bertz CT molecular complexity index is 320. The van der Waals surface area contributed by atoms with E-state index in [4.69, 9.17) is 4.74 Å². The maximum Gasteiger partial charge on any atom is 0.305 e. The van der Waals surface area contributed by atoms with E-state index in [9.17, 15) is 9.59 Å². The molecule has 1 aliphatic carbocycles. The van der Waals surface area contributed by atoms with Crippen LogP contribution in [0.15, 0.2) is 0 Å². The van der Waals surface area contributed by atoms with Crippen molar-refractivity contribution in [2.75, 3.05) is 13.2 Å². The number of carbonyl (C=O) groups excluding carboxylic acids is 2. The van der Waals surface area contributed by atoms with Crippen LogP contribution >= 0.6 is 0 Å². The number of hydrogen-bond acceptors (Lipinski definition) is 3. The second kappa shape index (κ2) is 8.28. The van der Waals surface area contributed by atoms with Crippen molar-refractivity contribution in [1.29, 1.82) is 0 Å². The fourth-order valence-electron chi connectivity index (χ4n) is 3.21. The Balaban J connectivity index is 2.34. The first-order chi connectivity index (χ1) is 9.50. The maximum atomic E-state index is 12.4. The molecule has 1 fully saturated rings. The Morgan fingerprint density at radius 1 is 1.25 bits per heavy atom. The van der Waals surface area contributed by atoms with Crippen molar-refractivity contribution in [1.82, 2.24) is 5.32 Å². The summed E-state index contributed by atoms with van der Waals surface area (Å²) in [5, 5.41) is 3.02. The first-order valence-corrected chi connectivity index (χ1v) is 7.94. The monoisotopic (exact) mass is 283 g/mol. The predicted octanol–water partition coefficient (Wildman–Crippen LogP) is 3.05. The molecule has 0 aromatic rings. The summed E-state index contributed by atoms with van der Waals surface area (Å²) in [5.41, 5.74) is -0.155. The van der Waals surface area contributed by atoms with E-state index in [1.807, 2.05) is 0 Å². The Labute approximate surface area is 122 Å².